The summed E-state index contributed by atoms with van der Waals surface area (Å²) in [6, 6.07) is 2.05. The molecule has 2 rings (SSSR count). The smallest absolute Gasteiger partial charge is 0.334 e. The van der Waals surface area contributed by atoms with Crippen LogP contribution < -0.4 is 5.32 Å². The number of hydrogen-bond donors (Lipinski definition) is 2. The number of amides is 2. The number of hydrogen-bond acceptors (Lipinski definition) is 4. The van der Waals surface area contributed by atoms with Crippen LogP contribution in [0.15, 0.2) is 18.2 Å². The lowest BCUT2D eigenvalue weighted by Crippen LogP contribution is -2.49. The standard InChI is InChI=1S/C16H18F2N2O5/c1-9(21)19-12(15-10(17)3-2-4-11(15)18)7-14(22)20-5-6-25-13(8-20)16(23)24/h2-4,12-13H,5-8H2,1H3,(H,19,21)(H,23,24). The fourth-order valence-corrected chi connectivity index (χ4v) is 2.64. The molecule has 0 radical (unpaired) electrons. The average Bonchev–Trinajstić information content (AvgIpc) is 2.54. The van der Waals surface area contributed by atoms with E-state index in [1.807, 2.05) is 0 Å². The summed E-state index contributed by atoms with van der Waals surface area (Å²) in [6.07, 6.45) is -1.55. The van der Waals surface area contributed by atoms with E-state index in [1.54, 1.807) is 0 Å². The van der Waals surface area contributed by atoms with E-state index in [9.17, 15) is 23.2 Å². The van der Waals surface area contributed by atoms with Gasteiger partial charge in [-0.2, -0.15) is 0 Å². The van der Waals surface area contributed by atoms with Crippen LogP contribution in [0.4, 0.5) is 8.78 Å². The van der Waals surface area contributed by atoms with Crippen LogP contribution in [0.25, 0.3) is 0 Å². The molecule has 2 N–H and O–H groups in total. The molecule has 7 nitrogen and oxygen atoms in total. The quantitative estimate of drug-likeness (QED) is 0.815. The molecule has 9 heteroatoms. The molecule has 1 saturated heterocycles. The summed E-state index contributed by atoms with van der Waals surface area (Å²) in [6.45, 7) is 1.21. The minimum atomic E-state index is -1.20. The minimum Gasteiger partial charge on any atom is -0.479 e. The first-order valence-electron chi connectivity index (χ1n) is 7.62. The summed E-state index contributed by atoms with van der Waals surface area (Å²) in [5, 5.41) is 11.3. The van der Waals surface area contributed by atoms with Gasteiger partial charge in [-0.1, -0.05) is 6.07 Å². The fourth-order valence-electron chi connectivity index (χ4n) is 2.64. The maximum Gasteiger partial charge on any atom is 0.334 e. The van der Waals surface area contributed by atoms with E-state index in [0.29, 0.717) is 0 Å². The third-order valence-electron chi connectivity index (χ3n) is 3.80. The molecule has 136 valence electrons. The number of benzene rings is 1. The number of ether oxygens (including phenoxy) is 1. The minimum absolute atomic E-state index is 0.0432. The Labute approximate surface area is 142 Å². The number of nitrogens with zero attached hydrogens (tertiary/aromatic N) is 1. The third kappa shape index (κ3) is 4.72. The Morgan fingerprint density at radius 2 is 2.00 bits per heavy atom. The highest BCUT2D eigenvalue weighted by Gasteiger charge is 2.31. The van der Waals surface area contributed by atoms with E-state index in [1.165, 1.54) is 17.9 Å². The van der Waals surface area contributed by atoms with Gasteiger partial charge in [-0.05, 0) is 12.1 Å². The van der Waals surface area contributed by atoms with Gasteiger partial charge in [-0.15, -0.1) is 0 Å². The zero-order chi connectivity index (χ0) is 18.6. The first-order valence-corrected chi connectivity index (χ1v) is 7.62. The average molecular weight is 356 g/mol. The first kappa shape index (κ1) is 18.8. The highest BCUT2D eigenvalue weighted by atomic mass is 19.1. The van der Waals surface area contributed by atoms with E-state index in [2.05, 4.69) is 5.32 Å². The molecule has 1 aliphatic heterocycles. The Morgan fingerprint density at radius 3 is 2.56 bits per heavy atom. The van der Waals surface area contributed by atoms with Gasteiger partial charge in [0.05, 0.1) is 25.6 Å². The van der Waals surface area contributed by atoms with Crippen LogP contribution in [-0.2, 0) is 19.1 Å². The number of carbonyl (C=O) groups is 3. The molecule has 0 spiro atoms. The number of morpholine rings is 1. The molecule has 0 aliphatic carbocycles. The molecule has 1 aliphatic rings. The van der Waals surface area contributed by atoms with Crippen molar-refractivity contribution in [1.29, 1.82) is 0 Å². The number of carboxylic acid groups (broad SMARTS) is 1. The van der Waals surface area contributed by atoms with Crippen molar-refractivity contribution in [1.82, 2.24) is 10.2 Å². The van der Waals surface area contributed by atoms with Crippen LogP contribution >= 0.6 is 0 Å². The summed E-state index contributed by atoms with van der Waals surface area (Å²) in [7, 11) is 0. The lowest BCUT2D eigenvalue weighted by atomic mass is 10.0. The second-order valence-electron chi connectivity index (χ2n) is 5.63. The van der Waals surface area contributed by atoms with E-state index in [0.717, 1.165) is 12.1 Å². The highest BCUT2D eigenvalue weighted by molar-refractivity contribution is 5.80. The Morgan fingerprint density at radius 1 is 1.36 bits per heavy atom. The Balaban J connectivity index is 2.18. The molecule has 0 saturated carbocycles. The SMILES string of the molecule is CC(=O)NC(CC(=O)N1CCOC(C(=O)O)C1)c1c(F)cccc1F. The topological polar surface area (TPSA) is 95.9 Å². The van der Waals surface area contributed by atoms with Gasteiger partial charge < -0.3 is 20.1 Å². The fraction of sp³-hybridized carbons (Fsp3) is 0.438. The highest BCUT2D eigenvalue weighted by Crippen LogP contribution is 2.24. The van der Waals surface area contributed by atoms with E-state index in [-0.39, 0.29) is 19.7 Å². The van der Waals surface area contributed by atoms with E-state index in [4.69, 9.17) is 9.84 Å². The largest absolute Gasteiger partial charge is 0.479 e. The van der Waals surface area contributed by atoms with Crippen molar-refractivity contribution < 1.29 is 33.0 Å². The molecular weight excluding hydrogens is 338 g/mol. The van der Waals surface area contributed by atoms with Crippen LogP contribution in [-0.4, -0.2) is 53.6 Å². The molecule has 1 aromatic carbocycles. The summed E-state index contributed by atoms with van der Waals surface area (Å²) in [5.74, 6) is -4.04. The lowest BCUT2D eigenvalue weighted by molar-refractivity contribution is -0.159. The molecule has 0 aromatic heterocycles. The normalized spacial score (nSPS) is 18.5. The zero-order valence-electron chi connectivity index (χ0n) is 13.5. The van der Waals surface area contributed by atoms with Gasteiger partial charge in [0.1, 0.15) is 11.6 Å². The van der Waals surface area contributed by atoms with Gasteiger partial charge in [0, 0.05) is 19.0 Å². The molecule has 1 heterocycles. The van der Waals surface area contributed by atoms with Gasteiger partial charge in [-0.3, -0.25) is 9.59 Å². The predicted molar refractivity (Wildman–Crippen MR) is 81.5 cm³/mol. The monoisotopic (exact) mass is 356 g/mol. The van der Waals surface area contributed by atoms with Gasteiger partial charge in [0.2, 0.25) is 11.8 Å². The molecule has 2 atom stereocenters. The van der Waals surface area contributed by atoms with Crippen molar-refractivity contribution in [3.8, 4) is 0 Å². The molecule has 1 aromatic rings. The third-order valence-corrected chi connectivity index (χ3v) is 3.80. The molecule has 25 heavy (non-hydrogen) atoms. The summed E-state index contributed by atoms with van der Waals surface area (Å²) >= 11 is 0. The van der Waals surface area contributed by atoms with Crippen molar-refractivity contribution in [2.75, 3.05) is 19.7 Å². The van der Waals surface area contributed by atoms with Gasteiger partial charge in [0.25, 0.3) is 0 Å². The first-order chi connectivity index (χ1) is 11.8. The Bertz CT molecular complexity index is 662. The van der Waals surface area contributed by atoms with E-state index < -0.39 is 53.5 Å². The zero-order valence-corrected chi connectivity index (χ0v) is 13.5. The maximum atomic E-state index is 14.0. The summed E-state index contributed by atoms with van der Waals surface area (Å²) in [4.78, 5) is 36.0. The molecule has 2 amide bonds. The summed E-state index contributed by atoms with van der Waals surface area (Å²) < 4.78 is 33.0. The second-order valence-corrected chi connectivity index (χ2v) is 5.63. The Kier molecular flexibility index (Phi) is 6.02. The van der Waals surface area contributed by atoms with Crippen LogP contribution in [0.2, 0.25) is 0 Å². The number of halogens is 2. The number of carboxylic acids is 1. The van der Waals surface area contributed by atoms with Crippen molar-refractivity contribution >= 4 is 17.8 Å². The van der Waals surface area contributed by atoms with Gasteiger partial charge in [-0.25, -0.2) is 13.6 Å². The lowest BCUT2D eigenvalue weighted by Gasteiger charge is -2.32. The van der Waals surface area contributed by atoms with E-state index >= 15 is 0 Å². The summed E-state index contributed by atoms with van der Waals surface area (Å²) in [5.41, 5.74) is -0.408. The predicted octanol–water partition coefficient (Wildman–Crippen LogP) is 0.844. The van der Waals surface area contributed by atoms with Crippen LogP contribution in [0, 0.1) is 11.6 Å². The van der Waals surface area contributed by atoms with Crippen molar-refractivity contribution in [2.24, 2.45) is 0 Å². The molecular formula is C16H18F2N2O5. The maximum absolute atomic E-state index is 14.0. The second kappa shape index (κ2) is 8.02. The molecule has 1 fully saturated rings. The molecule has 0 bridgehead atoms. The number of aliphatic carboxylic acids is 1. The molecule has 2 unspecified atom stereocenters. The van der Waals surface area contributed by atoms with Gasteiger partial charge >= 0.3 is 5.97 Å². The van der Waals surface area contributed by atoms with Gasteiger partial charge in [0.15, 0.2) is 6.10 Å². The van der Waals surface area contributed by atoms with Crippen molar-refractivity contribution in [3.05, 3.63) is 35.4 Å². The number of rotatable bonds is 5. The van der Waals surface area contributed by atoms with Crippen molar-refractivity contribution in [2.45, 2.75) is 25.5 Å². The number of carbonyl (C=O) groups excluding carboxylic acids is 2. The van der Waals surface area contributed by atoms with Crippen LogP contribution in [0.1, 0.15) is 24.9 Å². The van der Waals surface area contributed by atoms with Crippen LogP contribution in [0.3, 0.4) is 0 Å². The number of nitrogens with one attached hydrogen (secondary N) is 1. The van der Waals surface area contributed by atoms with Crippen LogP contribution in [0.5, 0.6) is 0 Å². The van der Waals surface area contributed by atoms with Crippen molar-refractivity contribution in [3.63, 3.8) is 0 Å². The Hall–Kier alpha value is -2.55.